The van der Waals surface area contributed by atoms with Gasteiger partial charge in [-0.1, -0.05) is 26.0 Å². The van der Waals surface area contributed by atoms with E-state index in [0.717, 1.165) is 6.54 Å². The predicted octanol–water partition coefficient (Wildman–Crippen LogP) is 3.53. The Kier molecular flexibility index (Phi) is 5.95. The topological polar surface area (TPSA) is 23.5 Å². The van der Waals surface area contributed by atoms with E-state index in [0.29, 0.717) is 29.5 Å². The maximum absolute atomic E-state index is 13.5. The van der Waals surface area contributed by atoms with E-state index in [1.165, 1.54) is 6.07 Å². The maximum Gasteiger partial charge on any atom is 0.126 e. The molecule has 1 aromatic rings. The molecule has 0 aliphatic rings. The molecule has 0 amide bonds. The molecule has 3 heteroatoms. The van der Waals surface area contributed by atoms with Gasteiger partial charge in [0.2, 0.25) is 0 Å². The zero-order valence-corrected chi connectivity index (χ0v) is 12.7. The second-order valence-electron chi connectivity index (χ2n) is 5.78. The molecule has 0 bridgehead atoms. The molecule has 0 fully saturated rings. The fourth-order valence-corrected chi connectivity index (χ4v) is 2.02. The third-order valence-electron chi connectivity index (χ3n) is 4.00. The van der Waals surface area contributed by atoms with Crippen LogP contribution in [-0.2, 0) is 0 Å². The monoisotopic (exact) mass is 267 g/mol. The van der Waals surface area contributed by atoms with Crippen molar-refractivity contribution in [3.05, 3.63) is 35.1 Å². The van der Waals surface area contributed by atoms with Crippen LogP contribution in [0.5, 0.6) is 0 Å². The van der Waals surface area contributed by atoms with Gasteiger partial charge >= 0.3 is 0 Å². The number of rotatable bonds is 6. The Labute approximate surface area is 116 Å². The number of hydrogen-bond acceptors (Lipinski definition) is 2. The Morgan fingerprint density at radius 1 is 1.26 bits per heavy atom. The lowest BCUT2D eigenvalue weighted by atomic mass is 10.0. The summed E-state index contributed by atoms with van der Waals surface area (Å²) in [5, 5.41) is 10.1. The highest BCUT2D eigenvalue weighted by molar-refractivity contribution is 5.24. The lowest BCUT2D eigenvalue weighted by molar-refractivity contribution is 0.129. The van der Waals surface area contributed by atoms with Gasteiger partial charge in [-0.3, -0.25) is 0 Å². The maximum atomic E-state index is 13.5. The molecular formula is C16H26FNO. The van der Waals surface area contributed by atoms with Crippen molar-refractivity contribution < 1.29 is 9.50 Å². The molecule has 2 unspecified atom stereocenters. The van der Waals surface area contributed by atoms with Crippen molar-refractivity contribution in [1.82, 2.24) is 4.90 Å². The van der Waals surface area contributed by atoms with E-state index in [2.05, 4.69) is 32.7 Å². The van der Waals surface area contributed by atoms with Crippen LogP contribution in [0.3, 0.4) is 0 Å². The second-order valence-corrected chi connectivity index (χ2v) is 5.78. The van der Waals surface area contributed by atoms with Crippen LogP contribution < -0.4 is 0 Å². The third kappa shape index (κ3) is 4.59. The lowest BCUT2D eigenvalue weighted by Crippen LogP contribution is -2.34. The minimum atomic E-state index is -0.600. The first kappa shape index (κ1) is 16.1. The summed E-state index contributed by atoms with van der Waals surface area (Å²) in [5.74, 6) is 0.333. The minimum absolute atomic E-state index is 0.250. The summed E-state index contributed by atoms with van der Waals surface area (Å²) in [6, 6.07) is 5.43. The third-order valence-corrected chi connectivity index (χ3v) is 4.00. The number of hydrogen-bond donors (Lipinski definition) is 1. The molecule has 1 rings (SSSR count). The van der Waals surface area contributed by atoms with Crippen molar-refractivity contribution in [2.45, 2.75) is 46.3 Å². The van der Waals surface area contributed by atoms with E-state index in [1.807, 2.05) is 0 Å². The van der Waals surface area contributed by atoms with Crippen molar-refractivity contribution in [3.8, 4) is 0 Å². The molecule has 0 saturated carbocycles. The van der Waals surface area contributed by atoms with Gasteiger partial charge in [0, 0.05) is 12.6 Å². The number of nitrogens with zero attached hydrogens (tertiary/aromatic N) is 1. The van der Waals surface area contributed by atoms with E-state index < -0.39 is 6.10 Å². The van der Waals surface area contributed by atoms with Crippen LogP contribution in [0.4, 0.5) is 4.39 Å². The average molecular weight is 267 g/mol. The first-order chi connectivity index (χ1) is 8.82. The summed E-state index contributed by atoms with van der Waals surface area (Å²) < 4.78 is 13.5. The second kappa shape index (κ2) is 7.01. The van der Waals surface area contributed by atoms with Crippen LogP contribution in [0.2, 0.25) is 0 Å². The summed E-state index contributed by atoms with van der Waals surface area (Å²) in [6.07, 6.45) is 0.0210. The number of aliphatic hydroxyl groups is 1. The zero-order chi connectivity index (χ0) is 14.6. The molecular weight excluding hydrogens is 241 g/mol. The molecule has 19 heavy (non-hydrogen) atoms. The quantitative estimate of drug-likeness (QED) is 0.852. The molecule has 1 aromatic carbocycles. The van der Waals surface area contributed by atoms with Crippen molar-refractivity contribution in [1.29, 1.82) is 0 Å². The Morgan fingerprint density at radius 3 is 2.42 bits per heavy atom. The molecule has 1 N–H and O–H groups in total. The van der Waals surface area contributed by atoms with Crippen molar-refractivity contribution in [3.63, 3.8) is 0 Å². The van der Waals surface area contributed by atoms with Crippen LogP contribution >= 0.6 is 0 Å². The SMILES string of the molecule is Cc1ccc(C(O)CCN(C)C(C)C(C)C)cc1F. The molecule has 0 radical (unpaired) electrons. The lowest BCUT2D eigenvalue weighted by Gasteiger charge is -2.28. The Bertz CT molecular complexity index is 406. The van der Waals surface area contributed by atoms with Gasteiger partial charge in [-0.05, 0) is 50.4 Å². The van der Waals surface area contributed by atoms with E-state index in [1.54, 1.807) is 19.1 Å². The van der Waals surface area contributed by atoms with Gasteiger partial charge in [0.1, 0.15) is 5.82 Å². The standard InChI is InChI=1S/C16H26FNO/c1-11(2)13(4)18(5)9-8-16(19)14-7-6-12(3)15(17)10-14/h6-7,10-11,13,16,19H,8-9H2,1-5H3. The van der Waals surface area contributed by atoms with Gasteiger partial charge < -0.3 is 10.0 Å². The summed E-state index contributed by atoms with van der Waals surface area (Å²) in [5.41, 5.74) is 1.27. The average Bonchev–Trinajstić information content (AvgIpc) is 2.37. The van der Waals surface area contributed by atoms with E-state index >= 15 is 0 Å². The number of aliphatic hydroxyl groups excluding tert-OH is 1. The van der Waals surface area contributed by atoms with Crippen LogP contribution in [0.15, 0.2) is 18.2 Å². The van der Waals surface area contributed by atoms with Crippen molar-refractivity contribution in [2.75, 3.05) is 13.6 Å². The van der Waals surface area contributed by atoms with Crippen LogP contribution in [-0.4, -0.2) is 29.6 Å². The fraction of sp³-hybridized carbons (Fsp3) is 0.625. The summed E-state index contributed by atoms with van der Waals surface area (Å²) in [6.45, 7) is 9.09. The van der Waals surface area contributed by atoms with E-state index in [9.17, 15) is 9.50 Å². The smallest absolute Gasteiger partial charge is 0.126 e. The predicted molar refractivity (Wildman–Crippen MR) is 77.6 cm³/mol. The molecule has 0 aromatic heterocycles. The minimum Gasteiger partial charge on any atom is -0.388 e. The molecule has 0 saturated heterocycles. The van der Waals surface area contributed by atoms with Crippen LogP contribution in [0, 0.1) is 18.7 Å². The molecule has 0 heterocycles. The first-order valence-corrected chi connectivity index (χ1v) is 6.97. The zero-order valence-electron chi connectivity index (χ0n) is 12.7. The molecule has 0 aliphatic heterocycles. The Morgan fingerprint density at radius 2 is 1.89 bits per heavy atom. The Balaban J connectivity index is 2.55. The molecule has 108 valence electrons. The highest BCUT2D eigenvalue weighted by Crippen LogP contribution is 2.20. The van der Waals surface area contributed by atoms with Gasteiger partial charge in [0.25, 0.3) is 0 Å². The molecule has 0 aliphatic carbocycles. The Hall–Kier alpha value is -0.930. The van der Waals surface area contributed by atoms with Gasteiger partial charge in [0.15, 0.2) is 0 Å². The number of halogens is 1. The first-order valence-electron chi connectivity index (χ1n) is 6.97. The van der Waals surface area contributed by atoms with Gasteiger partial charge in [0.05, 0.1) is 6.10 Å². The van der Waals surface area contributed by atoms with E-state index in [4.69, 9.17) is 0 Å². The highest BCUT2D eigenvalue weighted by atomic mass is 19.1. The molecule has 0 spiro atoms. The molecule has 2 atom stereocenters. The number of benzene rings is 1. The highest BCUT2D eigenvalue weighted by Gasteiger charge is 2.15. The van der Waals surface area contributed by atoms with Gasteiger partial charge in [-0.25, -0.2) is 4.39 Å². The largest absolute Gasteiger partial charge is 0.388 e. The molecule has 2 nitrogen and oxygen atoms in total. The van der Waals surface area contributed by atoms with Gasteiger partial charge in [-0.15, -0.1) is 0 Å². The van der Waals surface area contributed by atoms with Gasteiger partial charge in [-0.2, -0.15) is 0 Å². The van der Waals surface area contributed by atoms with E-state index in [-0.39, 0.29) is 5.82 Å². The van der Waals surface area contributed by atoms with Crippen molar-refractivity contribution >= 4 is 0 Å². The summed E-state index contributed by atoms with van der Waals surface area (Å²) in [7, 11) is 2.06. The fourth-order valence-electron chi connectivity index (χ4n) is 2.02. The van der Waals surface area contributed by atoms with Crippen molar-refractivity contribution in [2.24, 2.45) is 5.92 Å². The van der Waals surface area contributed by atoms with Crippen LogP contribution in [0.1, 0.15) is 44.4 Å². The van der Waals surface area contributed by atoms with Crippen LogP contribution in [0.25, 0.3) is 0 Å². The normalized spacial score (nSPS) is 15.0. The number of aryl methyl sites for hydroxylation is 1. The summed E-state index contributed by atoms with van der Waals surface area (Å²) in [4.78, 5) is 2.23. The summed E-state index contributed by atoms with van der Waals surface area (Å²) >= 11 is 0.